The van der Waals surface area contributed by atoms with Crippen molar-refractivity contribution in [2.45, 2.75) is 32.2 Å². The SMILES string of the molecule is Cc1cccc(C(=O)O)c1C(O)C(O)CCNC(=O)OCc1ccccc1. The molecule has 7 nitrogen and oxygen atoms in total. The van der Waals surface area contributed by atoms with Gasteiger partial charge in [-0.05, 0) is 30.5 Å². The molecule has 144 valence electrons. The van der Waals surface area contributed by atoms with Crippen molar-refractivity contribution >= 4 is 12.1 Å². The van der Waals surface area contributed by atoms with E-state index in [0.29, 0.717) is 5.56 Å². The number of aryl methyl sites for hydroxylation is 1. The number of ether oxygens (including phenoxy) is 1. The number of benzene rings is 2. The van der Waals surface area contributed by atoms with E-state index in [0.717, 1.165) is 5.56 Å². The summed E-state index contributed by atoms with van der Waals surface area (Å²) in [6.07, 6.45) is -3.21. The molecule has 0 heterocycles. The summed E-state index contributed by atoms with van der Waals surface area (Å²) in [4.78, 5) is 23.0. The number of carbonyl (C=O) groups is 2. The third kappa shape index (κ3) is 5.80. The van der Waals surface area contributed by atoms with Gasteiger partial charge in [0.05, 0.1) is 11.7 Å². The Bertz CT molecular complexity index is 777. The molecule has 2 unspecified atom stereocenters. The van der Waals surface area contributed by atoms with Crippen molar-refractivity contribution in [2.24, 2.45) is 0 Å². The maximum atomic E-state index is 11.7. The first-order valence-corrected chi connectivity index (χ1v) is 8.53. The van der Waals surface area contributed by atoms with Gasteiger partial charge < -0.3 is 25.4 Å². The maximum Gasteiger partial charge on any atom is 0.407 e. The van der Waals surface area contributed by atoms with E-state index in [1.165, 1.54) is 6.07 Å². The van der Waals surface area contributed by atoms with E-state index in [2.05, 4.69) is 5.32 Å². The van der Waals surface area contributed by atoms with Crippen LogP contribution >= 0.6 is 0 Å². The lowest BCUT2D eigenvalue weighted by atomic mass is 9.93. The summed E-state index contributed by atoms with van der Waals surface area (Å²) in [6, 6.07) is 13.8. The molecule has 2 atom stereocenters. The molecule has 0 radical (unpaired) electrons. The molecular formula is C20H23NO6. The van der Waals surface area contributed by atoms with E-state index in [1.807, 2.05) is 30.3 Å². The van der Waals surface area contributed by atoms with Gasteiger partial charge in [0, 0.05) is 12.1 Å². The minimum atomic E-state index is -1.38. The second kappa shape index (κ2) is 9.70. The van der Waals surface area contributed by atoms with E-state index in [9.17, 15) is 24.9 Å². The quantitative estimate of drug-likeness (QED) is 0.565. The van der Waals surface area contributed by atoms with Crippen molar-refractivity contribution in [2.75, 3.05) is 6.54 Å². The third-order valence-corrected chi connectivity index (χ3v) is 4.14. The fraction of sp³-hybridized carbons (Fsp3) is 0.300. The van der Waals surface area contributed by atoms with Gasteiger partial charge in [-0.1, -0.05) is 42.5 Å². The van der Waals surface area contributed by atoms with Crippen molar-refractivity contribution in [3.05, 3.63) is 70.8 Å². The number of aliphatic hydroxyl groups is 2. The van der Waals surface area contributed by atoms with Crippen LogP contribution < -0.4 is 5.32 Å². The zero-order valence-electron chi connectivity index (χ0n) is 15.0. The Kier molecular flexibility index (Phi) is 7.34. The monoisotopic (exact) mass is 373 g/mol. The van der Waals surface area contributed by atoms with Crippen LogP contribution in [-0.4, -0.2) is 40.0 Å². The summed E-state index contributed by atoms with van der Waals surface area (Å²) in [5.74, 6) is -1.18. The van der Waals surface area contributed by atoms with Crippen LogP contribution in [0.25, 0.3) is 0 Å². The van der Waals surface area contributed by atoms with Crippen molar-refractivity contribution in [3.63, 3.8) is 0 Å². The minimum absolute atomic E-state index is 0.0367. The highest BCUT2D eigenvalue weighted by Gasteiger charge is 2.25. The first-order chi connectivity index (χ1) is 12.9. The number of carboxylic acids is 1. The Labute approximate surface area is 157 Å². The third-order valence-electron chi connectivity index (χ3n) is 4.14. The molecule has 0 saturated heterocycles. The number of hydrogen-bond donors (Lipinski definition) is 4. The first kappa shape index (κ1) is 20.4. The second-order valence-electron chi connectivity index (χ2n) is 6.13. The molecule has 1 amide bonds. The number of carboxylic acid groups (broad SMARTS) is 1. The topological polar surface area (TPSA) is 116 Å². The lowest BCUT2D eigenvalue weighted by molar-refractivity contribution is 0.0124. The first-order valence-electron chi connectivity index (χ1n) is 8.53. The van der Waals surface area contributed by atoms with Gasteiger partial charge in [0.2, 0.25) is 0 Å². The number of rotatable bonds is 8. The van der Waals surface area contributed by atoms with Gasteiger partial charge in [0.1, 0.15) is 12.7 Å². The highest BCUT2D eigenvalue weighted by Crippen LogP contribution is 2.26. The molecular weight excluding hydrogens is 350 g/mol. The minimum Gasteiger partial charge on any atom is -0.478 e. The van der Waals surface area contributed by atoms with Gasteiger partial charge in [-0.2, -0.15) is 0 Å². The van der Waals surface area contributed by atoms with Crippen molar-refractivity contribution in [3.8, 4) is 0 Å². The number of aliphatic hydroxyl groups excluding tert-OH is 2. The summed E-state index contributed by atoms with van der Waals surface area (Å²) in [5.41, 5.74) is 1.53. The number of nitrogens with one attached hydrogen (secondary N) is 1. The lowest BCUT2D eigenvalue weighted by Gasteiger charge is -2.21. The van der Waals surface area contributed by atoms with Gasteiger partial charge in [-0.15, -0.1) is 0 Å². The molecule has 0 fully saturated rings. The van der Waals surface area contributed by atoms with Crippen LogP contribution in [0.15, 0.2) is 48.5 Å². The summed E-state index contributed by atoms with van der Waals surface area (Å²) in [5, 5.41) is 32.3. The van der Waals surface area contributed by atoms with Crippen LogP contribution in [0.2, 0.25) is 0 Å². The Morgan fingerprint density at radius 1 is 1.07 bits per heavy atom. The van der Waals surface area contributed by atoms with Crippen LogP contribution in [0.3, 0.4) is 0 Å². The fourth-order valence-corrected chi connectivity index (χ4v) is 2.71. The van der Waals surface area contributed by atoms with Crippen LogP contribution in [0, 0.1) is 6.92 Å². The van der Waals surface area contributed by atoms with Crippen LogP contribution in [-0.2, 0) is 11.3 Å². The van der Waals surface area contributed by atoms with Crippen molar-refractivity contribution < 1.29 is 29.6 Å². The number of alkyl carbamates (subject to hydrolysis) is 1. The van der Waals surface area contributed by atoms with E-state index < -0.39 is 24.3 Å². The molecule has 0 aliphatic heterocycles. The Morgan fingerprint density at radius 2 is 1.78 bits per heavy atom. The van der Waals surface area contributed by atoms with E-state index in [1.54, 1.807) is 19.1 Å². The van der Waals surface area contributed by atoms with Gasteiger partial charge in [0.25, 0.3) is 0 Å². The predicted molar refractivity (Wildman–Crippen MR) is 98.4 cm³/mol. The van der Waals surface area contributed by atoms with Gasteiger partial charge in [-0.3, -0.25) is 0 Å². The van der Waals surface area contributed by atoms with Gasteiger partial charge in [-0.25, -0.2) is 9.59 Å². The Morgan fingerprint density at radius 3 is 2.44 bits per heavy atom. The van der Waals surface area contributed by atoms with E-state index in [-0.39, 0.29) is 30.7 Å². The molecule has 2 rings (SSSR count). The zero-order valence-corrected chi connectivity index (χ0v) is 15.0. The lowest BCUT2D eigenvalue weighted by Crippen LogP contribution is -2.30. The Hall–Kier alpha value is -2.90. The summed E-state index contributed by atoms with van der Waals surface area (Å²) in [7, 11) is 0. The largest absolute Gasteiger partial charge is 0.478 e. The molecule has 0 aliphatic rings. The highest BCUT2D eigenvalue weighted by atomic mass is 16.5. The molecule has 2 aromatic carbocycles. The highest BCUT2D eigenvalue weighted by molar-refractivity contribution is 5.90. The summed E-state index contributed by atoms with van der Waals surface area (Å²) < 4.78 is 5.05. The molecule has 0 aliphatic carbocycles. The van der Waals surface area contributed by atoms with Crippen LogP contribution in [0.1, 0.15) is 39.6 Å². The number of carbonyl (C=O) groups excluding carboxylic acids is 1. The summed E-state index contributed by atoms with van der Waals surface area (Å²) in [6.45, 7) is 1.86. The van der Waals surface area contributed by atoms with Gasteiger partial charge >= 0.3 is 12.1 Å². The van der Waals surface area contributed by atoms with Crippen LogP contribution in [0.5, 0.6) is 0 Å². The fourth-order valence-electron chi connectivity index (χ4n) is 2.71. The predicted octanol–water partition coefficient (Wildman–Crippen LogP) is 2.40. The van der Waals surface area contributed by atoms with Crippen molar-refractivity contribution in [1.29, 1.82) is 0 Å². The standard InChI is InChI=1S/C20H23NO6/c1-13-6-5-9-15(19(24)25)17(13)18(23)16(22)10-11-21-20(26)27-12-14-7-3-2-4-8-14/h2-9,16,18,22-23H,10-12H2,1H3,(H,21,26)(H,24,25). The summed E-state index contributed by atoms with van der Waals surface area (Å²) >= 11 is 0. The van der Waals surface area contributed by atoms with Crippen LogP contribution in [0.4, 0.5) is 4.79 Å². The number of hydrogen-bond acceptors (Lipinski definition) is 5. The average molecular weight is 373 g/mol. The molecule has 0 aromatic heterocycles. The Balaban J connectivity index is 1.84. The molecule has 2 aromatic rings. The molecule has 0 saturated carbocycles. The van der Waals surface area contributed by atoms with Crippen molar-refractivity contribution in [1.82, 2.24) is 5.32 Å². The van der Waals surface area contributed by atoms with E-state index >= 15 is 0 Å². The molecule has 0 bridgehead atoms. The maximum absolute atomic E-state index is 11.7. The van der Waals surface area contributed by atoms with E-state index in [4.69, 9.17) is 4.74 Å². The molecule has 0 spiro atoms. The number of amides is 1. The molecule has 4 N–H and O–H groups in total. The second-order valence-corrected chi connectivity index (χ2v) is 6.13. The molecule has 27 heavy (non-hydrogen) atoms. The van der Waals surface area contributed by atoms with Gasteiger partial charge in [0.15, 0.2) is 0 Å². The number of aromatic carboxylic acids is 1. The normalized spacial score (nSPS) is 12.9. The smallest absolute Gasteiger partial charge is 0.407 e. The average Bonchev–Trinajstić information content (AvgIpc) is 2.66. The molecule has 7 heteroatoms. The zero-order chi connectivity index (χ0) is 19.8.